The fraction of sp³-hybridized carbons (Fsp3) is 0.438. The minimum atomic E-state index is -0.463. The van der Waals surface area contributed by atoms with Gasteiger partial charge in [-0.1, -0.05) is 42.0 Å². The number of amides is 1. The molecule has 0 N–H and O–H groups in total. The number of benzene rings is 1. The Morgan fingerprint density at radius 3 is 2.47 bits per heavy atom. The van der Waals surface area contributed by atoms with Gasteiger partial charge in [-0.15, -0.1) is 0 Å². The van der Waals surface area contributed by atoms with Crippen LogP contribution in [0.5, 0.6) is 0 Å². The first kappa shape index (κ1) is 13.7. The van der Waals surface area contributed by atoms with Gasteiger partial charge in [-0.3, -0.25) is 4.90 Å². The van der Waals surface area contributed by atoms with Crippen LogP contribution in [0.15, 0.2) is 42.0 Å². The van der Waals surface area contributed by atoms with E-state index in [0.717, 1.165) is 5.56 Å². The molecule has 0 unspecified atom stereocenters. The van der Waals surface area contributed by atoms with Crippen molar-refractivity contribution in [3.8, 4) is 0 Å². The maximum Gasteiger partial charge on any atom is 0.411 e. The summed E-state index contributed by atoms with van der Waals surface area (Å²) < 4.78 is 5.48. The summed E-state index contributed by atoms with van der Waals surface area (Å²) in [5.41, 5.74) is 1.85. The highest BCUT2D eigenvalue weighted by molar-refractivity contribution is 5.70. The molecule has 0 radical (unpaired) electrons. The van der Waals surface area contributed by atoms with Crippen LogP contribution in [-0.4, -0.2) is 23.1 Å². The van der Waals surface area contributed by atoms with E-state index in [1.54, 1.807) is 4.90 Å². The van der Waals surface area contributed by atoms with E-state index in [2.05, 4.69) is 6.08 Å². The number of rotatable bonds is 1. The summed E-state index contributed by atoms with van der Waals surface area (Å²) in [5, 5.41) is 0. The molecule has 102 valence electrons. The van der Waals surface area contributed by atoms with Crippen LogP contribution in [0.25, 0.3) is 0 Å². The second-order valence-corrected chi connectivity index (χ2v) is 5.98. The van der Waals surface area contributed by atoms with Gasteiger partial charge in [0.05, 0.1) is 6.04 Å². The van der Waals surface area contributed by atoms with Crippen LogP contribution in [0.4, 0.5) is 4.79 Å². The lowest BCUT2D eigenvalue weighted by Gasteiger charge is -2.28. The van der Waals surface area contributed by atoms with Gasteiger partial charge in [-0.25, -0.2) is 4.79 Å². The Labute approximate surface area is 114 Å². The summed E-state index contributed by atoms with van der Waals surface area (Å²) in [5.74, 6) is 0. The highest BCUT2D eigenvalue weighted by Gasteiger charge is 2.31. The first-order valence-electron chi connectivity index (χ1n) is 6.59. The monoisotopic (exact) mass is 259 g/mol. The van der Waals surface area contributed by atoms with Gasteiger partial charge in [-0.2, -0.15) is 0 Å². The molecular weight excluding hydrogens is 238 g/mol. The first-order chi connectivity index (χ1) is 8.87. The third-order valence-electron chi connectivity index (χ3n) is 2.97. The Bertz CT molecular complexity index is 485. The Morgan fingerprint density at radius 2 is 1.89 bits per heavy atom. The van der Waals surface area contributed by atoms with Gasteiger partial charge in [0.2, 0.25) is 0 Å². The molecule has 1 aromatic carbocycles. The van der Waals surface area contributed by atoms with Crippen LogP contribution in [0, 0.1) is 0 Å². The lowest BCUT2D eigenvalue weighted by Crippen LogP contribution is -2.37. The number of ether oxygens (including phenoxy) is 1. The molecule has 0 aliphatic carbocycles. The maximum atomic E-state index is 12.3. The summed E-state index contributed by atoms with van der Waals surface area (Å²) in [6.07, 6.45) is 1.87. The zero-order valence-corrected chi connectivity index (χ0v) is 12.0. The predicted molar refractivity (Wildman–Crippen MR) is 75.9 cm³/mol. The molecule has 0 aromatic heterocycles. The highest BCUT2D eigenvalue weighted by Crippen LogP contribution is 2.31. The topological polar surface area (TPSA) is 29.5 Å². The van der Waals surface area contributed by atoms with E-state index in [1.807, 2.05) is 58.0 Å². The van der Waals surface area contributed by atoms with Crippen molar-refractivity contribution in [1.82, 2.24) is 4.90 Å². The summed E-state index contributed by atoms with van der Waals surface area (Å²) in [4.78, 5) is 14.0. The van der Waals surface area contributed by atoms with E-state index in [-0.39, 0.29) is 12.1 Å². The zero-order valence-electron chi connectivity index (χ0n) is 12.0. The van der Waals surface area contributed by atoms with Crippen LogP contribution in [0.3, 0.4) is 0 Å². The van der Waals surface area contributed by atoms with Gasteiger partial charge in [0.25, 0.3) is 0 Å². The Balaban J connectivity index is 2.19. The highest BCUT2D eigenvalue weighted by atomic mass is 16.6. The molecule has 19 heavy (non-hydrogen) atoms. The molecule has 1 atom stereocenters. The number of nitrogens with zero attached hydrogens (tertiary/aromatic N) is 1. The van der Waals surface area contributed by atoms with Gasteiger partial charge in [0, 0.05) is 6.54 Å². The number of hydrogen-bond donors (Lipinski definition) is 0. The van der Waals surface area contributed by atoms with Crippen LogP contribution < -0.4 is 0 Å². The van der Waals surface area contributed by atoms with Gasteiger partial charge in [-0.05, 0) is 33.3 Å². The van der Waals surface area contributed by atoms with Crippen molar-refractivity contribution >= 4 is 6.09 Å². The smallest absolute Gasteiger partial charge is 0.411 e. The van der Waals surface area contributed by atoms with Gasteiger partial charge in [0.1, 0.15) is 5.60 Å². The van der Waals surface area contributed by atoms with Crippen LogP contribution in [-0.2, 0) is 4.74 Å². The summed E-state index contributed by atoms with van der Waals surface area (Å²) >= 11 is 0. The molecule has 1 aliphatic heterocycles. The number of carbonyl (C=O) groups excluding carboxylic acids is 1. The summed E-state index contributed by atoms with van der Waals surface area (Å²) in [7, 11) is 0. The normalized spacial score (nSPS) is 19.3. The fourth-order valence-electron chi connectivity index (χ4n) is 2.20. The molecule has 0 bridgehead atoms. The largest absolute Gasteiger partial charge is 0.444 e. The molecule has 1 aliphatic rings. The number of hydrogen-bond acceptors (Lipinski definition) is 2. The molecule has 0 fully saturated rings. The van der Waals surface area contributed by atoms with Crippen molar-refractivity contribution in [2.24, 2.45) is 0 Å². The van der Waals surface area contributed by atoms with Gasteiger partial charge >= 0.3 is 6.09 Å². The fourth-order valence-corrected chi connectivity index (χ4v) is 2.20. The molecule has 1 aromatic rings. The average molecular weight is 259 g/mol. The molecule has 3 heteroatoms. The van der Waals surface area contributed by atoms with Crippen LogP contribution in [0.2, 0.25) is 0 Å². The quantitative estimate of drug-likeness (QED) is 0.715. The molecular formula is C16H21NO2. The van der Waals surface area contributed by atoms with Gasteiger partial charge in [0.15, 0.2) is 0 Å². The SMILES string of the molecule is CC1=C[C@@H](c2ccccc2)N(C(=O)OC(C)(C)C)C1. The van der Waals surface area contributed by atoms with Gasteiger partial charge < -0.3 is 4.74 Å². The van der Waals surface area contributed by atoms with E-state index in [1.165, 1.54) is 5.57 Å². The molecule has 1 heterocycles. The molecule has 1 amide bonds. The lowest BCUT2D eigenvalue weighted by molar-refractivity contribution is 0.0238. The minimum Gasteiger partial charge on any atom is -0.444 e. The Kier molecular flexibility index (Phi) is 3.65. The van der Waals surface area contributed by atoms with Crippen molar-refractivity contribution in [2.75, 3.05) is 6.54 Å². The van der Waals surface area contributed by atoms with E-state index in [9.17, 15) is 4.79 Å². The van der Waals surface area contributed by atoms with Crippen LogP contribution in [0.1, 0.15) is 39.3 Å². The standard InChI is InChI=1S/C16H21NO2/c1-12-10-14(13-8-6-5-7-9-13)17(11-12)15(18)19-16(2,3)4/h5-10,14H,11H2,1-4H3/t14-/m0/s1. The van der Waals surface area contributed by atoms with E-state index < -0.39 is 5.60 Å². The number of carbonyl (C=O) groups is 1. The van der Waals surface area contributed by atoms with E-state index in [4.69, 9.17) is 4.74 Å². The van der Waals surface area contributed by atoms with Crippen molar-refractivity contribution in [3.63, 3.8) is 0 Å². The average Bonchev–Trinajstić information content (AvgIpc) is 2.70. The van der Waals surface area contributed by atoms with Crippen molar-refractivity contribution < 1.29 is 9.53 Å². The van der Waals surface area contributed by atoms with Crippen molar-refractivity contribution in [3.05, 3.63) is 47.5 Å². The molecule has 0 spiro atoms. The maximum absolute atomic E-state index is 12.3. The second kappa shape index (κ2) is 5.08. The van der Waals surface area contributed by atoms with Crippen molar-refractivity contribution in [1.29, 1.82) is 0 Å². The second-order valence-electron chi connectivity index (χ2n) is 5.98. The molecule has 0 saturated carbocycles. The lowest BCUT2D eigenvalue weighted by atomic mass is 10.1. The summed E-state index contributed by atoms with van der Waals surface area (Å²) in [6, 6.07) is 10.0. The van der Waals surface area contributed by atoms with E-state index >= 15 is 0 Å². The van der Waals surface area contributed by atoms with Crippen molar-refractivity contribution in [2.45, 2.75) is 39.3 Å². The third kappa shape index (κ3) is 3.37. The van der Waals surface area contributed by atoms with E-state index in [0.29, 0.717) is 6.54 Å². The van der Waals surface area contributed by atoms with Crippen LogP contribution >= 0.6 is 0 Å². The predicted octanol–water partition coefficient (Wildman–Crippen LogP) is 3.92. The third-order valence-corrected chi connectivity index (χ3v) is 2.97. The summed E-state index contributed by atoms with van der Waals surface area (Å²) in [6.45, 7) is 8.34. The molecule has 0 saturated heterocycles. The zero-order chi connectivity index (χ0) is 14.0. The minimum absolute atomic E-state index is 0.0175. The Morgan fingerprint density at radius 1 is 1.26 bits per heavy atom. The Hall–Kier alpha value is -1.77. The molecule has 2 rings (SSSR count). The first-order valence-corrected chi connectivity index (χ1v) is 6.59. The molecule has 3 nitrogen and oxygen atoms in total.